The molecule has 1 saturated heterocycles. The Morgan fingerprint density at radius 3 is 2.45 bits per heavy atom. The van der Waals surface area contributed by atoms with Gasteiger partial charge in [0.2, 0.25) is 12.5 Å². The van der Waals surface area contributed by atoms with E-state index < -0.39 is 0 Å². The van der Waals surface area contributed by atoms with Gasteiger partial charge in [-0.25, -0.2) is 4.39 Å². The van der Waals surface area contributed by atoms with E-state index in [0.29, 0.717) is 5.69 Å². The molecule has 4 heterocycles. The molecule has 9 heteroatoms. The van der Waals surface area contributed by atoms with Crippen LogP contribution in [0, 0.1) is 5.82 Å². The van der Waals surface area contributed by atoms with Crippen LogP contribution >= 0.6 is 0 Å². The second-order valence-corrected chi connectivity index (χ2v) is 10.3. The highest BCUT2D eigenvalue weighted by Gasteiger charge is 2.30. The molecule has 0 amide bonds. The lowest BCUT2D eigenvalue weighted by molar-refractivity contribution is -0.686. The third-order valence-corrected chi connectivity index (χ3v) is 8.17. The standard InChI is InChI=1S/C31H31FN3O4.ClH/c1-36-30-14-21(17-33-9-11-34(12-10-33)26-6-4-3-5-25(26)32)22-15-27-23-16-29-28(38-19-39-29)13-20(23)7-8-35(27)18-24(22)31(30)37-2;/h3-6,13-16,18H,7-12,17,19H2,1-2H3;1H/q+1;/p-1. The van der Waals surface area contributed by atoms with Crippen LogP contribution in [0.25, 0.3) is 22.0 Å². The second kappa shape index (κ2) is 10.7. The molecule has 0 bridgehead atoms. The van der Waals surface area contributed by atoms with Crippen molar-refractivity contribution in [1.29, 1.82) is 0 Å². The number of benzene rings is 3. The minimum Gasteiger partial charge on any atom is -1.00 e. The van der Waals surface area contributed by atoms with Crippen molar-refractivity contribution in [1.82, 2.24) is 4.90 Å². The van der Waals surface area contributed by atoms with Crippen LogP contribution in [0.3, 0.4) is 0 Å². The van der Waals surface area contributed by atoms with E-state index in [1.54, 1.807) is 20.3 Å². The summed E-state index contributed by atoms with van der Waals surface area (Å²) in [5, 5.41) is 2.17. The van der Waals surface area contributed by atoms with Crippen molar-refractivity contribution >= 4 is 16.5 Å². The van der Waals surface area contributed by atoms with E-state index >= 15 is 0 Å². The van der Waals surface area contributed by atoms with Gasteiger partial charge in [-0.1, -0.05) is 12.1 Å². The summed E-state index contributed by atoms with van der Waals surface area (Å²) in [4.78, 5) is 4.56. The normalized spacial score (nSPS) is 15.8. The van der Waals surface area contributed by atoms with Gasteiger partial charge in [0, 0.05) is 50.6 Å². The molecule has 7 rings (SSSR count). The number of aromatic nitrogens is 1. The van der Waals surface area contributed by atoms with Crippen LogP contribution < -0.4 is 40.8 Å². The van der Waals surface area contributed by atoms with Crippen molar-refractivity contribution in [2.24, 2.45) is 0 Å². The number of methoxy groups -OCH3 is 2. The van der Waals surface area contributed by atoms with E-state index in [9.17, 15) is 4.39 Å². The lowest BCUT2D eigenvalue weighted by Crippen LogP contribution is -3.00. The van der Waals surface area contributed by atoms with Gasteiger partial charge in [0.15, 0.2) is 35.7 Å². The molecule has 7 nitrogen and oxygen atoms in total. The summed E-state index contributed by atoms with van der Waals surface area (Å²) in [6.45, 7) is 5.13. The number of ether oxygens (including phenoxy) is 4. The molecule has 0 unspecified atom stereocenters. The lowest BCUT2D eigenvalue weighted by atomic mass is 9.93. The van der Waals surface area contributed by atoms with Crippen LogP contribution in [0.5, 0.6) is 23.0 Å². The molecule has 4 aromatic rings. The highest BCUT2D eigenvalue weighted by molar-refractivity contribution is 5.94. The van der Waals surface area contributed by atoms with E-state index in [1.165, 1.54) is 22.8 Å². The van der Waals surface area contributed by atoms with Crippen LogP contribution in [0.15, 0.2) is 54.7 Å². The molecule has 3 aliphatic rings. The average Bonchev–Trinajstić information content (AvgIpc) is 3.43. The van der Waals surface area contributed by atoms with Crippen LogP contribution in [-0.4, -0.2) is 52.1 Å². The maximum atomic E-state index is 14.4. The van der Waals surface area contributed by atoms with Gasteiger partial charge < -0.3 is 36.3 Å². The molecule has 3 aliphatic heterocycles. The molecule has 0 spiro atoms. The quantitative estimate of drug-likeness (QED) is 0.344. The first kappa shape index (κ1) is 26.5. The number of para-hydroxylation sites is 1. The predicted molar refractivity (Wildman–Crippen MR) is 146 cm³/mol. The van der Waals surface area contributed by atoms with Gasteiger partial charge in [0.25, 0.3) is 0 Å². The van der Waals surface area contributed by atoms with Gasteiger partial charge in [-0.15, -0.1) is 0 Å². The van der Waals surface area contributed by atoms with Crippen LogP contribution in [0.1, 0.15) is 11.1 Å². The number of hydrogen-bond acceptors (Lipinski definition) is 6. The number of aryl methyl sites for hydroxylation is 2. The van der Waals surface area contributed by atoms with Crippen molar-refractivity contribution in [3.8, 4) is 34.3 Å². The highest BCUT2D eigenvalue weighted by Crippen LogP contribution is 2.43. The summed E-state index contributed by atoms with van der Waals surface area (Å²) < 4.78 is 39.6. The Morgan fingerprint density at radius 2 is 1.70 bits per heavy atom. The van der Waals surface area contributed by atoms with Gasteiger partial charge >= 0.3 is 0 Å². The second-order valence-electron chi connectivity index (χ2n) is 10.3. The zero-order valence-electron chi connectivity index (χ0n) is 22.6. The average molecular weight is 564 g/mol. The highest BCUT2D eigenvalue weighted by atomic mass is 35.5. The molecule has 0 N–H and O–H groups in total. The van der Waals surface area contributed by atoms with Crippen LogP contribution in [0.4, 0.5) is 10.1 Å². The summed E-state index contributed by atoms with van der Waals surface area (Å²) in [6.07, 6.45) is 3.11. The number of piperazine rings is 1. The number of fused-ring (bicyclic) bond motifs is 5. The first-order chi connectivity index (χ1) is 19.1. The predicted octanol–water partition coefficient (Wildman–Crippen LogP) is 1.56. The number of hydrogen-bond donors (Lipinski definition) is 0. The Hall–Kier alpha value is -3.75. The molecule has 3 aromatic carbocycles. The number of halogens is 2. The number of pyridine rings is 1. The summed E-state index contributed by atoms with van der Waals surface area (Å²) in [7, 11) is 3.38. The van der Waals surface area contributed by atoms with Gasteiger partial charge in [-0.05, 0) is 41.5 Å². The lowest BCUT2D eigenvalue weighted by Gasteiger charge is -2.36. The largest absolute Gasteiger partial charge is 1.00 e. The summed E-state index contributed by atoms with van der Waals surface area (Å²) in [5.74, 6) is 2.92. The SMILES string of the molecule is COc1cc(CN2CCN(c3ccccc3F)CC2)c2cc3[n+](cc2c1OC)CCc1cc2c(cc1-3)OCO2.[Cl-]. The Morgan fingerprint density at radius 1 is 0.925 bits per heavy atom. The summed E-state index contributed by atoms with van der Waals surface area (Å²) in [6, 6.07) is 15.6. The van der Waals surface area contributed by atoms with Crippen LogP contribution in [-0.2, 0) is 19.5 Å². The van der Waals surface area contributed by atoms with Gasteiger partial charge in [-0.3, -0.25) is 4.90 Å². The van der Waals surface area contributed by atoms with Crippen molar-refractivity contribution in [3.05, 3.63) is 71.7 Å². The van der Waals surface area contributed by atoms with E-state index in [4.69, 9.17) is 18.9 Å². The first-order valence-corrected chi connectivity index (χ1v) is 13.4. The topological polar surface area (TPSA) is 47.3 Å². The van der Waals surface area contributed by atoms with Gasteiger partial charge in [-0.2, -0.15) is 4.57 Å². The van der Waals surface area contributed by atoms with E-state index in [1.807, 2.05) is 12.1 Å². The molecule has 1 aromatic heterocycles. The van der Waals surface area contributed by atoms with Crippen molar-refractivity contribution in [2.45, 2.75) is 19.5 Å². The zero-order chi connectivity index (χ0) is 26.5. The molecule has 0 aliphatic carbocycles. The maximum Gasteiger partial charge on any atom is 0.231 e. The van der Waals surface area contributed by atoms with E-state index in [0.717, 1.165) is 85.2 Å². The van der Waals surface area contributed by atoms with Crippen molar-refractivity contribution < 1.29 is 40.3 Å². The molecule has 0 atom stereocenters. The van der Waals surface area contributed by atoms with Crippen molar-refractivity contribution in [2.75, 3.05) is 52.1 Å². The summed E-state index contributed by atoms with van der Waals surface area (Å²) in [5.41, 5.74) is 5.45. The zero-order valence-corrected chi connectivity index (χ0v) is 23.3. The first-order valence-electron chi connectivity index (χ1n) is 13.4. The van der Waals surface area contributed by atoms with E-state index in [-0.39, 0.29) is 25.0 Å². The Balaban J connectivity index is 0.00000289. The van der Waals surface area contributed by atoms with Gasteiger partial charge in [0.1, 0.15) is 5.82 Å². The molecular weight excluding hydrogens is 533 g/mol. The monoisotopic (exact) mass is 563 g/mol. The molecule has 0 radical (unpaired) electrons. The fourth-order valence-electron chi connectivity index (χ4n) is 6.15. The Labute approximate surface area is 239 Å². The third kappa shape index (κ3) is 4.45. The maximum absolute atomic E-state index is 14.4. The van der Waals surface area contributed by atoms with Crippen LogP contribution in [0.2, 0.25) is 0 Å². The minimum absolute atomic E-state index is 0. The smallest absolute Gasteiger partial charge is 0.231 e. The molecular formula is C31H31ClFN3O4. The molecule has 0 saturated carbocycles. The number of rotatable bonds is 5. The minimum atomic E-state index is -0.165. The molecule has 40 heavy (non-hydrogen) atoms. The van der Waals surface area contributed by atoms with E-state index in [2.05, 4.69) is 44.8 Å². The number of anilines is 1. The third-order valence-electron chi connectivity index (χ3n) is 8.17. The molecule has 1 fully saturated rings. The van der Waals surface area contributed by atoms with Gasteiger partial charge in [0.05, 0.1) is 30.9 Å². The molecule has 208 valence electrons. The van der Waals surface area contributed by atoms with Crippen molar-refractivity contribution in [3.63, 3.8) is 0 Å². The Bertz CT molecular complexity index is 1590. The fraction of sp³-hybridized carbons (Fsp3) is 0.323. The Kier molecular flexibility index (Phi) is 7.06. The number of nitrogens with zero attached hydrogens (tertiary/aromatic N) is 3. The fourth-order valence-corrected chi connectivity index (χ4v) is 6.15. The summed E-state index contributed by atoms with van der Waals surface area (Å²) >= 11 is 0.